The van der Waals surface area contributed by atoms with Gasteiger partial charge in [-0.3, -0.25) is 34.1 Å². The summed E-state index contributed by atoms with van der Waals surface area (Å²) >= 11 is 12.0. The SMILES string of the molecule is CC(C)(Oc1ccc(C(=O)c2ccc(Cl)cc2)cc1)C(=O)NCCc1ccnc(-c2ccnc(CN(Cc3ccccn3)C(=O)C(C)(C)Oc3ccc(C(=O)c4ccc(Cl)cc4)cc3)c2)c1. The predicted molar refractivity (Wildman–Crippen MR) is 255 cm³/mol. The van der Waals surface area contributed by atoms with Crippen molar-refractivity contribution in [1.82, 2.24) is 25.2 Å². The molecule has 1 N–H and O–H groups in total. The molecule has 13 heteroatoms. The monoisotopic (exact) mass is 919 g/mol. The molecule has 0 bridgehead atoms. The molecule has 7 rings (SSSR count). The summed E-state index contributed by atoms with van der Waals surface area (Å²) in [5.41, 5.74) is 3.25. The van der Waals surface area contributed by atoms with Crippen LogP contribution in [0.25, 0.3) is 11.3 Å². The summed E-state index contributed by atoms with van der Waals surface area (Å²) in [6.45, 7) is 7.49. The number of halogens is 2. The Balaban J connectivity index is 0.972. The number of benzene rings is 4. The van der Waals surface area contributed by atoms with Gasteiger partial charge < -0.3 is 19.7 Å². The van der Waals surface area contributed by atoms with Gasteiger partial charge in [0, 0.05) is 63.0 Å². The minimum Gasteiger partial charge on any atom is -0.478 e. The van der Waals surface area contributed by atoms with Crippen LogP contribution in [0, 0.1) is 0 Å². The second kappa shape index (κ2) is 20.7. The predicted octanol–water partition coefficient (Wildman–Crippen LogP) is 10.2. The number of hydrogen-bond donors (Lipinski definition) is 1. The second-order valence-electron chi connectivity index (χ2n) is 16.5. The van der Waals surface area contributed by atoms with Crippen LogP contribution in [0.2, 0.25) is 10.0 Å². The maximum atomic E-state index is 14.4. The smallest absolute Gasteiger partial charge is 0.266 e. The molecular formula is C53H47Cl2N5O6. The Bertz CT molecular complexity index is 2820. The Morgan fingerprint density at radius 2 is 1.06 bits per heavy atom. The maximum Gasteiger partial charge on any atom is 0.266 e. The van der Waals surface area contributed by atoms with Crippen LogP contribution in [0.5, 0.6) is 11.5 Å². The van der Waals surface area contributed by atoms with Crippen LogP contribution in [0.4, 0.5) is 0 Å². The van der Waals surface area contributed by atoms with Crippen LogP contribution in [-0.2, 0) is 29.1 Å². The molecule has 0 saturated heterocycles. The van der Waals surface area contributed by atoms with Gasteiger partial charge in [0.15, 0.2) is 22.8 Å². The lowest BCUT2D eigenvalue weighted by atomic mass is 10.0. The molecule has 0 radical (unpaired) electrons. The molecule has 11 nitrogen and oxygen atoms in total. The minimum atomic E-state index is -1.31. The highest BCUT2D eigenvalue weighted by Gasteiger charge is 2.35. The van der Waals surface area contributed by atoms with Crippen molar-refractivity contribution >= 4 is 46.6 Å². The van der Waals surface area contributed by atoms with E-state index < -0.39 is 11.2 Å². The fourth-order valence-corrected chi connectivity index (χ4v) is 7.32. The van der Waals surface area contributed by atoms with E-state index >= 15 is 0 Å². The molecule has 0 spiro atoms. The third-order valence-corrected chi connectivity index (χ3v) is 11.1. The Labute approximate surface area is 393 Å². The normalized spacial score (nSPS) is 11.4. The fraction of sp³-hybridized carbons (Fsp3) is 0.189. The number of aromatic nitrogens is 3. The standard InChI is InChI=1S/C53H47Cl2N5O6/c1-52(2,65-45-20-12-38(13-21-45)48(61)36-8-16-41(54)17-9-36)50(63)59-29-25-35-24-28-58-47(31-35)40-26-30-57-44(32-40)34-60(33-43-7-5-6-27-56-43)51(64)53(3,4)66-46-22-14-39(15-23-46)49(62)37-10-18-42(55)19-11-37/h5-24,26-28,30-32H,25,29,33-34H2,1-4H3,(H,59,63). The molecule has 4 aromatic carbocycles. The van der Waals surface area contributed by atoms with Crippen molar-refractivity contribution in [3.05, 3.63) is 207 Å². The highest BCUT2D eigenvalue weighted by atomic mass is 35.5. The number of rotatable bonds is 18. The molecule has 3 aromatic heterocycles. The number of pyridine rings is 3. The van der Waals surface area contributed by atoms with E-state index in [1.165, 1.54) is 0 Å². The van der Waals surface area contributed by atoms with E-state index in [1.807, 2.05) is 42.5 Å². The van der Waals surface area contributed by atoms with Gasteiger partial charge in [-0.05, 0) is 173 Å². The molecule has 0 aliphatic heterocycles. The van der Waals surface area contributed by atoms with Gasteiger partial charge in [0.25, 0.3) is 11.8 Å². The van der Waals surface area contributed by atoms with Gasteiger partial charge in [-0.2, -0.15) is 0 Å². The van der Waals surface area contributed by atoms with Gasteiger partial charge in [-0.1, -0.05) is 29.3 Å². The van der Waals surface area contributed by atoms with Crippen LogP contribution in [0.3, 0.4) is 0 Å². The van der Waals surface area contributed by atoms with Crippen LogP contribution < -0.4 is 14.8 Å². The number of nitrogens with one attached hydrogen (secondary N) is 1. The molecule has 334 valence electrons. The van der Waals surface area contributed by atoms with E-state index in [2.05, 4.69) is 20.3 Å². The van der Waals surface area contributed by atoms with Crippen LogP contribution in [0.15, 0.2) is 158 Å². The number of carbonyl (C=O) groups is 4. The summed E-state index contributed by atoms with van der Waals surface area (Å²) in [4.78, 5) is 69.0. The van der Waals surface area contributed by atoms with E-state index in [9.17, 15) is 19.2 Å². The molecule has 0 aliphatic rings. The summed E-state index contributed by atoms with van der Waals surface area (Å²) in [5.74, 6) is -0.0194. The van der Waals surface area contributed by atoms with E-state index in [0.717, 1.165) is 11.1 Å². The van der Waals surface area contributed by atoms with Gasteiger partial charge in [-0.15, -0.1) is 0 Å². The summed E-state index contributed by atoms with van der Waals surface area (Å²) < 4.78 is 12.3. The first-order chi connectivity index (χ1) is 31.6. The Hall–Kier alpha value is -7.21. The lowest BCUT2D eigenvalue weighted by molar-refractivity contribution is -0.147. The molecule has 2 amide bonds. The topological polar surface area (TPSA) is 141 Å². The highest BCUT2D eigenvalue weighted by molar-refractivity contribution is 6.31. The molecule has 0 fully saturated rings. The van der Waals surface area contributed by atoms with Crippen molar-refractivity contribution in [3.8, 4) is 22.8 Å². The van der Waals surface area contributed by atoms with Crippen molar-refractivity contribution in [2.75, 3.05) is 6.54 Å². The van der Waals surface area contributed by atoms with E-state index in [-0.39, 0.29) is 36.5 Å². The number of ketones is 2. The second-order valence-corrected chi connectivity index (χ2v) is 17.4. The summed E-state index contributed by atoms with van der Waals surface area (Å²) in [7, 11) is 0. The number of amides is 2. The Morgan fingerprint density at radius 1 is 0.561 bits per heavy atom. The summed E-state index contributed by atoms with van der Waals surface area (Å²) in [6, 6.07) is 39.9. The first kappa shape index (κ1) is 46.8. The molecule has 0 saturated carbocycles. The van der Waals surface area contributed by atoms with Crippen LogP contribution >= 0.6 is 23.2 Å². The molecule has 7 aromatic rings. The summed E-state index contributed by atoms with van der Waals surface area (Å²) in [6.07, 6.45) is 5.61. The van der Waals surface area contributed by atoms with Crippen LogP contribution in [0.1, 0.15) is 76.5 Å². The minimum absolute atomic E-state index is 0.146. The van der Waals surface area contributed by atoms with E-state index in [4.69, 9.17) is 32.7 Å². The third-order valence-electron chi connectivity index (χ3n) is 10.6. The van der Waals surface area contributed by atoms with Crippen LogP contribution in [-0.4, -0.2) is 61.0 Å². The number of nitrogens with zero attached hydrogens (tertiary/aromatic N) is 4. The highest BCUT2D eigenvalue weighted by Crippen LogP contribution is 2.26. The van der Waals surface area contributed by atoms with Crippen molar-refractivity contribution in [2.45, 2.75) is 58.4 Å². The Morgan fingerprint density at radius 3 is 1.61 bits per heavy atom. The maximum absolute atomic E-state index is 14.4. The fourth-order valence-electron chi connectivity index (χ4n) is 7.07. The summed E-state index contributed by atoms with van der Waals surface area (Å²) in [5, 5.41) is 4.08. The molecule has 0 atom stereocenters. The number of hydrogen-bond acceptors (Lipinski definition) is 9. The quantitative estimate of drug-likeness (QED) is 0.0833. The molecule has 0 aliphatic carbocycles. The zero-order chi connectivity index (χ0) is 46.8. The zero-order valence-corrected chi connectivity index (χ0v) is 38.3. The number of ether oxygens (including phenoxy) is 2. The van der Waals surface area contributed by atoms with Crippen molar-refractivity contribution in [1.29, 1.82) is 0 Å². The molecule has 0 unspecified atom stereocenters. The average molecular weight is 921 g/mol. The van der Waals surface area contributed by atoms with Crippen molar-refractivity contribution in [3.63, 3.8) is 0 Å². The lowest BCUT2D eigenvalue weighted by Gasteiger charge is -2.32. The zero-order valence-electron chi connectivity index (χ0n) is 36.8. The van der Waals surface area contributed by atoms with Crippen molar-refractivity contribution < 1.29 is 28.7 Å². The molecule has 3 heterocycles. The van der Waals surface area contributed by atoms with Gasteiger partial charge in [0.05, 0.1) is 30.2 Å². The molecule has 66 heavy (non-hydrogen) atoms. The molecular weight excluding hydrogens is 874 g/mol. The largest absolute Gasteiger partial charge is 0.478 e. The number of carbonyl (C=O) groups excluding carboxylic acids is 4. The van der Waals surface area contributed by atoms with E-state index in [1.54, 1.807) is 148 Å². The average Bonchev–Trinajstić information content (AvgIpc) is 3.32. The Kier molecular flexibility index (Phi) is 14.7. The third kappa shape index (κ3) is 12.1. The lowest BCUT2D eigenvalue weighted by Crippen LogP contribution is -2.48. The van der Waals surface area contributed by atoms with Gasteiger partial charge in [-0.25, -0.2) is 0 Å². The van der Waals surface area contributed by atoms with Crippen molar-refractivity contribution in [2.24, 2.45) is 0 Å². The first-order valence-corrected chi connectivity index (χ1v) is 22.0. The first-order valence-electron chi connectivity index (χ1n) is 21.2. The van der Waals surface area contributed by atoms with E-state index in [0.29, 0.717) is 73.8 Å². The van der Waals surface area contributed by atoms with Gasteiger partial charge >= 0.3 is 0 Å². The van der Waals surface area contributed by atoms with Gasteiger partial charge in [0.1, 0.15) is 11.5 Å². The van der Waals surface area contributed by atoms with Gasteiger partial charge in [0.2, 0.25) is 0 Å².